The number of rotatable bonds is 5. The summed E-state index contributed by atoms with van der Waals surface area (Å²) in [6.45, 7) is -1.44. The molecule has 3 heterocycles. The average Bonchev–Trinajstić information content (AvgIpc) is 3.28. The van der Waals surface area contributed by atoms with Gasteiger partial charge in [-0.15, -0.1) is 0 Å². The zero-order valence-electron chi connectivity index (χ0n) is 14.1. The molecule has 1 amide bonds. The van der Waals surface area contributed by atoms with Gasteiger partial charge in [-0.2, -0.15) is 8.78 Å². The smallest absolute Gasteiger partial charge is 0.387 e. The van der Waals surface area contributed by atoms with Gasteiger partial charge in [0.2, 0.25) is 5.95 Å². The highest BCUT2D eigenvalue weighted by atomic mass is 19.3. The molecule has 2 fully saturated rings. The van der Waals surface area contributed by atoms with Crippen molar-refractivity contribution < 1.29 is 23.5 Å². The number of halogens is 2. The van der Waals surface area contributed by atoms with E-state index >= 15 is 0 Å². The second-order valence-electron chi connectivity index (χ2n) is 6.44. The first kappa shape index (κ1) is 17.4. The molecule has 2 unspecified atom stereocenters. The molecule has 2 atom stereocenters. The maximum absolute atomic E-state index is 12.4. The van der Waals surface area contributed by atoms with E-state index in [9.17, 15) is 13.6 Å². The zero-order chi connectivity index (χ0) is 19.0. The van der Waals surface area contributed by atoms with E-state index in [1.54, 1.807) is 17.6 Å². The minimum atomic E-state index is -2.85. The van der Waals surface area contributed by atoms with Crippen LogP contribution in [0.25, 0.3) is 0 Å². The third-order valence-electron chi connectivity index (χ3n) is 4.87. The van der Waals surface area contributed by atoms with E-state index in [0.717, 1.165) is 12.1 Å². The molecule has 0 radical (unpaired) electrons. The van der Waals surface area contributed by atoms with Crippen LogP contribution in [0.5, 0.6) is 5.75 Å². The van der Waals surface area contributed by atoms with Crippen LogP contribution in [0.1, 0.15) is 16.8 Å². The average molecular weight is 377 g/mol. The van der Waals surface area contributed by atoms with E-state index < -0.39 is 12.5 Å². The van der Waals surface area contributed by atoms with Gasteiger partial charge in [-0.3, -0.25) is 10.0 Å². The third kappa shape index (κ3) is 3.35. The number of hydrogen-bond donors (Lipinski definition) is 2. The molecule has 0 spiro atoms. The highest BCUT2D eigenvalue weighted by Gasteiger charge is 2.44. The molecule has 2 aliphatic heterocycles. The lowest BCUT2D eigenvalue weighted by molar-refractivity contribution is -0.0498. The molecule has 2 aliphatic rings. The van der Waals surface area contributed by atoms with Gasteiger partial charge in [-0.1, -0.05) is 6.07 Å². The lowest BCUT2D eigenvalue weighted by Crippen LogP contribution is -2.47. The van der Waals surface area contributed by atoms with Crippen molar-refractivity contribution in [3.8, 4) is 5.75 Å². The van der Waals surface area contributed by atoms with Crippen LogP contribution in [0, 0.1) is 0 Å². The van der Waals surface area contributed by atoms with Crippen LogP contribution < -0.4 is 20.0 Å². The lowest BCUT2D eigenvalue weighted by atomic mass is 10.2. The molecule has 0 saturated carbocycles. The summed E-state index contributed by atoms with van der Waals surface area (Å²) in [4.78, 5) is 24.0. The Balaban J connectivity index is 1.46. The first-order valence-electron chi connectivity index (χ1n) is 8.40. The number of carbonyl (C=O) groups is 1. The van der Waals surface area contributed by atoms with Crippen molar-refractivity contribution >= 4 is 17.5 Å². The molecule has 2 saturated heterocycles. The number of anilines is 2. The Labute approximate surface area is 153 Å². The van der Waals surface area contributed by atoms with Crippen LogP contribution in [-0.4, -0.2) is 52.9 Å². The van der Waals surface area contributed by atoms with Crippen molar-refractivity contribution in [2.45, 2.75) is 25.1 Å². The second kappa shape index (κ2) is 6.95. The SMILES string of the molecule is O=C(NO)c1cnc(N2CC3CC2CN3c2cccc(OC(F)F)c2)nc1. The Bertz CT molecular complexity index is 836. The number of aromatic nitrogens is 2. The Hall–Kier alpha value is -3.01. The molecule has 0 aliphatic carbocycles. The number of benzene rings is 1. The number of hydrogen-bond acceptors (Lipinski definition) is 7. The fourth-order valence-electron chi connectivity index (χ4n) is 3.72. The standard InChI is InChI=1S/C17H17F2N5O3/c18-16(19)27-14-3-1-2-11(5-14)23-8-13-4-12(23)9-24(13)17-20-6-10(7-21-17)15(25)22-26/h1-3,5-7,12-13,16,26H,4,8-9H2,(H,22,25). The zero-order valence-corrected chi connectivity index (χ0v) is 14.1. The number of amides is 1. The van der Waals surface area contributed by atoms with Crippen LogP contribution >= 0.6 is 0 Å². The molecular weight excluding hydrogens is 360 g/mol. The number of nitrogens with one attached hydrogen (secondary N) is 1. The fraction of sp³-hybridized carbons (Fsp3) is 0.353. The van der Waals surface area contributed by atoms with E-state index in [1.807, 2.05) is 6.07 Å². The van der Waals surface area contributed by atoms with Crippen molar-refractivity contribution in [2.75, 3.05) is 22.9 Å². The molecular formula is C17H17F2N5O3. The van der Waals surface area contributed by atoms with E-state index in [2.05, 4.69) is 24.5 Å². The number of alkyl halides is 2. The number of hydroxylamine groups is 1. The van der Waals surface area contributed by atoms with Gasteiger partial charge in [-0.05, 0) is 18.6 Å². The molecule has 1 aromatic heterocycles. The Morgan fingerprint density at radius 2 is 1.93 bits per heavy atom. The summed E-state index contributed by atoms with van der Waals surface area (Å²) in [6.07, 6.45) is 3.63. The Morgan fingerprint density at radius 3 is 2.56 bits per heavy atom. The van der Waals surface area contributed by atoms with E-state index in [-0.39, 0.29) is 23.4 Å². The van der Waals surface area contributed by atoms with Gasteiger partial charge < -0.3 is 14.5 Å². The first-order chi connectivity index (χ1) is 13.0. The number of piperazine rings is 1. The van der Waals surface area contributed by atoms with Gasteiger partial charge in [0.15, 0.2) is 0 Å². The van der Waals surface area contributed by atoms with Crippen LogP contribution in [0.15, 0.2) is 36.7 Å². The summed E-state index contributed by atoms with van der Waals surface area (Å²) in [5.74, 6) is -0.00352. The number of carbonyl (C=O) groups excluding carboxylic acids is 1. The second-order valence-corrected chi connectivity index (χ2v) is 6.44. The van der Waals surface area contributed by atoms with Crippen molar-refractivity contribution in [1.82, 2.24) is 15.4 Å². The molecule has 1 aromatic carbocycles. The van der Waals surface area contributed by atoms with E-state index in [4.69, 9.17) is 5.21 Å². The molecule has 2 N–H and O–H groups in total. The van der Waals surface area contributed by atoms with Gasteiger partial charge in [0, 0.05) is 43.3 Å². The van der Waals surface area contributed by atoms with Crippen molar-refractivity contribution in [1.29, 1.82) is 0 Å². The largest absolute Gasteiger partial charge is 0.435 e. The van der Waals surface area contributed by atoms with E-state index in [0.29, 0.717) is 19.0 Å². The van der Waals surface area contributed by atoms with Gasteiger partial charge in [0.25, 0.3) is 5.91 Å². The topological polar surface area (TPSA) is 90.8 Å². The number of fused-ring (bicyclic) bond motifs is 2. The molecule has 10 heteroatoms. The first-order valence-corrected chi connectivity index (χ1v) is 8.40. The maximum atomic E-state index is 12.4. The summed E-state index contributed by atoms with van der Waals surface area (Å²) in [7, 11) is 0. The molecule has 2 aromatic rings. The Kier molecular flexibility index (Phi) is 4.48. The minimum absolute atomic E-state index is 0.142. The van der Waals surface area contributed by atoms with Gasteiger partial charge in [-0.25, -0.2) is 15.4 Å². The molecule has 2 bridgehead atoms. The summed E-state index contributed by atoms with van der Waals surface area (Å²) in [5.41, 5.74) is 2.55. The van der Waals surface area contributed by atoms with Crippen LogP contribution in [0.3, 0.4) is 0 Å². The number of nitrogens with zero attached hydrogens (tertiary/aromatic N) is 4. The van der Waals surface area contributed by atoms with Gasteiger partial charge in [0.05, 0.1) is 11.6 Å². The van der Waals surface area contributed by atoms with Crippen LogP contribution in [0.4, 0.5) is 20.4 Å². The van der Waals surface area contributed by atoms with Gasteiger partial charge >= 0.3 is 6.61 Å². The minimum Gasteiger partial charge on any atom is -0.435 e. The summed E-state index contributed by atoms with van der Waals surface area (Å²) >= 11 is 0. The highest BCUT2D eigenvalue weighted by molar-refractivity contribution is 5.92. The molecule has 27 heavy (non-hydrogen) atoms. The molecule has 8 nitrogen and oxygen atoms in total. The lowest BCUT2D eigenvalue weighted by Gasteiger charge is -2.35. The maximum Gasteiger partial charge on any atom is 0.387 e. The van der Waals surface area contributed by atoms with Gasteiger partial charge in [0.1, 0.15) is 5.75 Å². The van der Waals surface area contributed by atoms with Crippen molar-refractivity contribution in [3.63, 3.8) is 0 Å². The summed E-state index contributed by atoms with van der Waals surface area (Å²) in [5, 5.41) is 8.64. The predicted molar refractivity (Wildman–Crippen MR) is 91.2 cm³/mol. The summed E-state index contributed by atoms with van der Waals surface area (Å²) < 4.78 is 29.3. The third-order valence-corrected chi connectivity index (χ3v) is 4.87. The monoisotopic (exact) mass is 377 g/mol. The highest BCUT2D eigenvalue weighted by Crippen LogP contribution is 2.37. The van der Waals surface area contributed by atoms with Crippen molar-refractivity contribution in [2.24, 2.45) is 0 Å². The molecule has 4 rings (SSSR count). The van der Waals surface area contributed by atoms with Crippen LogP contribution in [-0.2, 0) is 0 Å². The van der Waals surface area contributed by atoms with Crippen molar-refractivity contribution in [3.05, 3.63) is 42.2 Å². The fourth-order valence-corrected chi connectivity index (χ4v) is 3.72. The number of ether oxygens (including phenoxy) is 1. The quantitative estimate of drug-likeness (QED) is 0.605. The molecule has 142 valence electrons. The normalized spacial score (nSPS) is 21.0. The Morgan fingerprint density at radius 1 is 1.22 bits per heavy atom. The van der Waals surface area contributed by atoms with Crippen LogP contribution in [0.2, 0.25) is 0 Å². The summed E-state index contributed by atoms with van der Waals surface area (Å²) in [6, 6.07) is 7.10. The van der Waals surface area contributed by atoms with E-state index in [1.165, 1.54) is 18.5 Å². The predicted octanol–water partition coefficient (Wildman–Crippen LogP) is 1.66.